The molecule has 0 radical (unpaired) electrons. The van der Waals surface area contributed by atoms with Gasteiger partial charge in [0, 0.05) is 11.6 Å². The maximum absolute atomic E-state index is 11.3. The van der Waals surface area contributed by atoms with Gasteiger partial charge in [0.2, 0.25) is 5.71 Å². The smallest absolute Gasteiger partial charge is 0.338 e. The van der Waals surface area contributed by atoms with E-state index in [0.717, 1.165) is 6.07 Å². The van der Waals surface area contributed by atoms with Crippen molar-refractivity contribution in [2.45, 2.75) is 0 Å². The second-order valence-corrected chi connectivity index (χ2v) is 2.75. The second kappa shape index (κ2) is 3.05. The highest BCUT2D eigenvalue weighted by Crippen LogP contribution is 2.05. The predicted molar refractivity (Wildman–Crippen MR) is 49.1 cm³/mol. The van der Waals surface area contributed by atoms with Crippen molar-refractivity contribution in [1.82, 2.24) is 9.97 Å². The Morgan fingerprint density at radius 3 is 2.60 bits per heavy atom. The average molecular weight is 208 g/mol. The first kappa shape index (κ1) is 9.13. The standard InChI is InChI=1S/C8H4N2O5/c11-2-3-1-4(12)15-7-5(3)6(13)9-8(14)10-7/h1-2H,(H2,9,10,13,14). The van der Waals surface area contributed by atoms with Crippen LogP contribution in [-0.2, 0) is 0 Å². The van der Waals surface area contributed by atoms with E-state index in [1.54, 1.807) is 0 Å². The molecule has 2 aromatic rings. The molecular formula is C8H4N2O5. The van der Waals surface area contributed by atoms with E-state index in [1.165, 1.54) is 0 Å². The lowest BCUT2D eigenvalue weighted by Crippen LogP contribution is -2.23. The zero-order valence-electron chi connectivity index (χ0n) is 7.20. The topological polar surface area (TPSA) is 113 Å². The normalized spacial score (nSPS) is 10.4. The molecule has 2 N–H and O–H groups in total. The van der Waals surface area contributed by atoms with E-state index in [9.17, 15) is 19.2 Å². The van der Waals surface area contributed by atoms with Gasteiger partial charge in [-0.05, 0) is 0 Å². The van der Waals surface area contributed by atoms with Gasteiger partial charge in [0.15, 0.2) is 6.29 Å². The molecule has 2 heterocycles. The van der Waals surface area contributed by atoms with Gasteiger partial charge < -0.3 is 4.42 Å². The van der Waals surface area contributed by atoms with Crippen LogP contribution >= 0.6 is 0 Å². The van der Waals surface area contributed by atoms with Gasteiger partial charge in [-0.3, -0.25) is 19.6 Å². The van der Waals surface area contributed by atoms with Crippen LogP contribution in [0.1, 0.15) is 10.4 Å². The highest BCUT2D eigenvalue weighted by molar-refractivity contribution is 5.92. The Kier molecular flexibility index (Phi) is 1.86. The third-order valence-electron chi connectivity index (χ3n) is 1.80. The number of fused-ring (bicyclic) bond motifs is 1. The number of aromatic amines is 2. The maximum Gasteiger partial charge on any atom is 0.338 e. The van der Waals surface area contributed by atoms with Crippen molar-refractivity contribution in [2.75, 3.05) is 0 Å². The van der Waals surface area contributed by atoms with Crippen LogP contribution in [-0.4, -0.2) is 16.3 Å². The minimum atomic E-state index is -0.814. The second-order valence-electron chi connectivity index (χ2n) is 2.75. The molecule has 0 saturated carbocycles. The van der Waals surface area contributed by atoms with Crippen LogP contribution in [0.2, 0.25) is 0 Å². The van der Waals surface area contributed by atoms with Crippen molar-refractivity contribution in [3.8, 4) is 0 Å². The molecule has 7 heteroatoms. The molecule has 0 bridgehead atoms. The molecule has 0 atom stereocenters. The third kappa shape index (κ3) is 1.39. The SMILES string of the molecule is O=Cc1cc(=O)oc2[nH]c(=O)[nH]c(=O)c12. The summed E-state index contributed by atoms with van der Waals surface area (Å²) in [7, 11) is 0. The molecule has 2 rings (SSSR count). The summed E-state index contributed by atoms with van der Waals surface area (Å²) in [4.78, 5) is 47.7. The molecule has 76 valence electrons. The number of hydrogen-bond acceptors (Lipinski definition) is 5. The average Bonchev–Trinajstić information content (AvgIpc) is 2.14. The van der Waals surface area contributed by atoms with Gasteiger partial charge in [-0.1, -0.05) is 0 Å². The molecule has 15 heavy (non-hydrogen) atoms. The largest absolute Gasteiger partial charge is 0.405 e. The number of aromatic nitrogens is 2. The summed E-state index contributed by atoms with van der Waals surface area (Å²) < 4.78 is 4.58. The van der Waals surface area contributed by atoms with Crippen LogP contribution in [0, 0.1) is 0 Å². The van der Waals surface area contributed by atoms with E-state index in [4.69, 9.17) is 0 Å². The Bertz CT molecular complexity index is 700. The fraction of sp³-hybridized carbons (Fsp3) is 0. The van der Waals surface area contributed by atoms with E-state index in [2.05, 4.69) is 9.40 Å². The first-order chi connectivity index (χ1) is 7.11. The summed E-state index contributed by atoms with van der Waals surface area (Å²) in [6.07, 6.45) is 0.340. The summed E-state index contributed by atoms with van der Waals surface area (Å²) in [5.41, 5.74) is -2.83. The first-order valence-electron chi connectivity index (χ1n) is 3.87. The Morgan fingerprint density at radius 2 is 1.93 bits per heavy atom. The Morgan fingerprint density at radius 1 is 1.20 bits per heavy atom. The lowest BCUT2D eigenvalue weighted by Gasteiger charge is -1.95. The monoisotopic (exact) mass is 208 g/mol. The molecule has 0 spiro atoms. The fourth-order valence-electron chi connectivity index (χ4n) is 1.23. The molecule has 0 amide bonds. The Balaban J connectivity index is 3.17. The number of carbonyl (C=O) groups is 1. The highest BCUT2D eigenvalue weighted by Gasteiger charge is 2.09. The van der Waals surface area contributed by atoms with Crippen LogP contribution in [0.3, 0.4) is 0 Å². The number of hydrogen-bond donors (Lipinski definition) is 2. The molecule has 2 aromatic heterocycles. The molecule has 0 aliphatic rings. The fourth-order valence-corrected chi connectivity index (χ4v) is 1.23. The molecule has 0 saturated heterocycles. The summed E-state index contributed by atoms with van der Waals surface area (Å²) in [6, 6.07) is 0.878. The van der Waals surface area contributed by atoms with Crippen LogP contribution in [0.5, 0.6) is 0 Å². The molecule has 7 nitrogen and oxygen atoms in total. The van der Waals surface area contributed by atoms with Gasteiger partial charge in [-0.2, -0.15) is 0 Å². The van der Waals surface area contributed by atoms with Crippen molar-refractivity contribution in [3.63, 3.8) is 0 Å². The Hall–Kier alpha value is -2.44. The van der Waals surface area contributed by atoms with E-state index < -0.39 is 16.9 Å². The minimum Gasteiger partial charge on any atom is -0.405 e. The first-order valence-corrected chi connectivity index (χ1v) is 3.87. The number of carbonyl (C=O) groups excluding carboxylic acids is 1. The molecule has 0 fully saturated rings. The molecule has 0 aliphatic heterocycles. The number of rotatable bonds is 1. The van der Waals surface area contributed by atoms with Gasteiger partial charge >= 0.3 is 11.3 Å². The van der Waals surface area contributed by atoms with Gasteiger partial charge in [0.1, 0.15) is 5.39 Å². The summed E-state index contributed by atoms with van der Waals surface area (Å²) in [5, 5.41) is -0.149. The third-order valence-corrected chi connectivity index (χ3v) is 1.80. The lowest BCUT2D eigenvalue weighted by atomic mass is 10.2. The minimum absolute atomic E-state index is 0.126. The van der Waals surface area contributed by atoms with Crippen molar-refractivity contribution >= 4 is 17.4 Å². The summed E-state index contributed by atoms with van der Waals surface area (Å²) in [6.45, 7) is 0. The van der Waals surface area contributed by atoms with Gasteiger partial charge in [-0.25, -0.2) is 9.59 Å². The zero-order valence-corrected chi connectivity index (χ0v) is 7.20. The van der Waals surface area contributed by atoms with Crippen molar-refractivity contribution in [2.24, 2.45) is 0 Å². The molecule has 0 aromatic carbocycles. The number of nitrogens with one attached hydrogen (secondary N) is 2. The summed E-state index contributed by atoms with van der Waals surface area (Å²) in [5.74, 6) is 0. The van der Waals surface area contributed by atoms with E-state index in [0.29, 0.717) is 6.29 Å². The lowest BCUT2D eigenvalue weighted by molar-refractivity contribution is 0.112. The van der Waals surface area contributed by atoms with E-state index in [1.807, 2.05) is 4.98 Å². The zero-order chi connectivity index (χ0) is 11.0. The van der Waals surface area contributed by atoms with E-state index in [-0.39, 0.29) is 16.7 Å². The van der Waals surface area contributed by atoms with Gasteiger partial charge in [0.25, 0.3) is 5.56 Å². The van der Waals surface area contributed by atoms with E-state index >= 15 is 0 Å². The number of H-pyrrole nitrogens is 2. The van der Waals surface area contributed by atoms with Crippen LogP contribution in [0.4, 0.5) is 0 Å². The Labute approximate surface area is 80.4 Å². The molecular weight excluding hydrogens is 204 g/mol. The van der Waals surface area contributed by atoms with Crippen LogP contribution < -0.4 is 16.9 Å². The predicted octanol–water partition coefficient (Wildman–Crippen LogP) is -1.02. The quantitative estimate of drug-likeness (QED) is 0.582. The molecule has 0 unspecified atom stereocenters. The number of aldehydes is 1. The van der Waals surface area contributed by atoms with Gasteiger partial charge in [0.05, 0.1) is 0 Å². The van der Waals surface area contributed by atoms with Crippen molar-refractivity contribution < 1.29 is 9.21 Å². The highest BCUT2D eigenvalue weighted by atomic mass is 16.4. The van der Waals surface area contributed by atoms with Crippen molar-refractivity contribution in [1.29, 1.82) is 0 Å². The van der Waals surface area contributed by atoms with Gasteiger partial charge in [-0.15, -0.1) is 0 Å². The van der Waals surface area contributed by atoms with Crippen LogP contribution in [0.25, 0.3) is 11.1 Å². The molecule has 0 aliphatic carbocycles. The van der Waals surface area contributed by atoms with Crippen LogP contribution in [0.15, 0.2) is 24.9 Å². The maximum atomic E-state index is 11.3. The summed E-state index contributed by atoms with van der Waals surface area (Å²) >= 11 is 0. The van der Waals surface area contributed by atoms with Crippen molar-refractivity contribution in [3.05, 3.63) is 42.9 Å².